The quantitative estimate of drug-likeness (QED) is 0.550. The molecule has 0 amide bonds. The Hall–Kier alpha value is -0.570. The van der Waals surface area contributed by atoms with Crippen molar-refractivity contribution in [3.05, 3.63) is 0 Å². The van der Waals surface area contributed by atoms with Gasteiger partial charge in [0, 0.05) is 13.2 Å². The van der Waals surface area contributed by atoms with Crippen LogP contribution in [0.3, 0.4) is 0 Å². The lowest BCUT2D eigenvalue weighted by Gasteiger charge is -2.21. The molecule has 0 N–H and O–H groups in total. The normalized spacial score (nSPS) is 31.6. The molecule has 3 heteroatoms. The van der Waals surface area contributed by atoms with Gasteiger partial charge in [-0.3, -0.25) is 4.79 Å². The first-order chi connectivity index (χ1) is 5.78. The lowest BCUT2D eigenvalue weighted by Crippen LogP contribution is -2.21. The monoisotopic (exact) mass is 170 g/mol. The van der Waals surface area contributed by atoms with E-state index in [4.69, 9.17) is 9.47 Å². The Bertz CT molecular complexity index is 194. The van der Waals surface area contributed by atoms with E-state index in [0.717, 1.165) is 32.5 Å². The number of rotatable bonds is 1. The van der Waals surface area contributed by atoms with Crippen LogP contribution < -0.4 is 0 Å². The van der Waals surface area contributed by atoms with Gasteiger partial charge in [0.1, 0.15) is 0 Å². The van der Waals surface area contributed by atoms with Crippen molar-refractivity contribution in [1.29, 1.82) is 0 Å². The lowest BCUT2D eigenvalue weighted by atomic mass is 9.94. The Morgan fingerprint density at radius 2 is 2.17 bits per heavy atom. The second-order valence-electron chi connectivity index (χ2n) is 3.75. The van der Waals surface area contributed by atoms with Crippen LogP contribution >= 0.6 is 0 Å². The minimum Gasteiger partial charge on any atom is -0.469 e. The third-order valence-corrected chi connectivity index (χ3v) is 3.16. The van der Waals surface area contributed by atoms with Crippen LogP contribution in [0.5, 0.6) is 0 Å². The van der Waals surface area contributed by atoms with Crippen LogP contribution in [0.4, 0.5) is 0 Å². The topological polar surface area (TPSA) is 35.5 Å². The third-order valence-electron chi connectivity index (χ3n) is 3.16. The summed E-state index contributed by atoms with van der Waals surface area (Å²) in [7, 11) is 1.47. The summed E-state index contributed by atoms with van der Waals surface area (Å²) in [4.78, 5) is 11.2. The fraction of sp³-hybridized carbons (Fsp3) is 0.889. The molecule has 0 aromatic rings. The Labute approximate surface area is 72.0 Å². The third kappa shape index (κ3) is 1.12. The van der Waals surface area contributed by atoms with Gasteiger partial charge < -0.3 is 9.47 Å². The Morgan fingerprint density at radius 1 is 1.50 bits per heavy atom. The highest BCUT2D eigenvalue weighted by Gasteiger charge is 2.58. The SMILES string of the molecule is COC(=O)C1CC12CCOCC2. The highest BCUT2D eigenvalue weighted by molar-refractivity contribution is 5.76. The van der Waals surface area contributed by atoms with E-state index in [1.807, 2.05) is 0 Å². The molecule has 1 heterocycles. The zero-order valence-corrected chi connectivity index (χ0v) is 7.34. The van der Waals surface area contributed by atoms with Gasteiger partial charge in [0.25, 0.3) is 0 Å². The predicted molar refractivity (Wildman–Crippen MR) is 42.6 cm³/mol. The summed E-state index contributed by atoms with van der Waals surface area (Å²) in [6.07, 6.45) is 3.09. The highest BCUT2D eigenvalue weighted by Crippen LogP contribution is 2.59. The molecule has 1 unspecified atom stereocenters. The van der Waals surface area contributed by atoms with Gasteiger partial charge in [0.2, 0.25) is 0 Å². The smallest absolute Gasteiger partial charge is 0.309 e. The molecule has 3 nitrogen and oxygen atoms in total. The largest absolute Gasteiger partial charge is 0.469 e. The summed E-state index contributed by atoms with van der Waals surface area (Å²) in [6.45, 7) is 1.63. The molecule has 68 valence electrons. The van der Waals surface area contributed by atoms with Crippen LogP contribution in [0.25, 0.3) is 0 Å². The number of ether oxygens (including phenoxy) is 2. The van der Waals surface area contributed by atoms with Crippen molar-refractivity contribution in [2.45, 2.75) is 19.3 Å². The second-order valence-corrected chi connectivity index (χ2v) is 3.75. The van der Waals surface area contributed by atoms with Crippen molar-refractivity contribution < 1.29 is 14.3 Å². The van der Waals surface area contributed by atoms with Crippen molar-refractivity contribution in [3.8, 4) is 0 Å². The summed E-state index contributed by atoms with van der Waals surface area (Å²) in [5.41, 5.74) is 0.269. The van der Waals surface area contributed by atoms with Crippen LogP contribution in [-0.4, -0.2) is 26.3 Å². The number of esters is 1. The van der Waals surface area contributed by atoms with E-state index in [-0.39, 0.29) is 17.3 Å². The van der Waals surface area contributed by atoms with E-state index in [1.54, 1.807) is 0 Å². The standard InChI is InChI=1S/C9H14O3/c1-11-8(10)7-6-9(7)2-4-12-5-3-9/h7H,2-6H2,1H3. The van der Waals surface area contributed by atoms with Crippen LogP contribution in [0.15, 0.2) is 0 Å². The molecule has 1 atom stereocenters. The van der Waals surface area contributed by atoms with Crippen LogP contribution in [0.1, 0.15) is 19.3 Å². The van der Waals surface area contributed by atoms with E-state index < -0.39 is 0 Å². The summed E-state index contributed by atoms with van der Waals surface area (Å²) < 4.78 is 9.98. The van der Waals surface area contributed by atoms with Crippen LogP contribution in [-0.2, 0) is 14.3 Å². The van der Waals surface area contributed by atoms with Gasteiger partial charge in [-0.25, -0.2) is 0 Å². The van der Waals surface area contributed by atoms with Crippen molar-refractivity contribution in [2.75, 3.05) is 20.3 Å². The summed E-state index contributed by atoms with van der Waals surface area (Å²) in [5.74, 6) is 0.142. The molecular weight excluding hydrogens is 156 g/mol. The molecule has 1 aliphatic heterocycles. The molecule has 0 bridgehead atoms. The van der Waals surface area contributed by atoms with Crippen molar-refractivity contribution in [1.82, 2.24) is 0 Å². The van der Waals surface area contributed by atoms with Crippen molar-refractivity contribution in [3.63, 3.8) is 0 Å². The van der Waals surface area contributed by atoms with E-state index in [2.05, 4.69) is 0 Å². The first kappa shape index (κ1) is 8.05. The molecule has 1 spiro atoms. The molecule has 1 aliphatic carbocycles. The molecule has 1 saturated carbocycles. The van der Waals surface area contributed by atoms with Crippen LogP contribution in [0, 0.1) is 11.3 Å². The average molecular weight is 170 g/mol. The Balaban J connectivity index is 1.95. The van der Waals surface area contributed by atoms with Gasteiger partial charge in [-0.15, -0.1) is 0 Å². The van der Waals surface area contributed by atoms with Crippen LogP contribution in [0.2, 0.25) is 0 Å². The second kappa shape index (κ2) is 2.73. The van der Waals surface area contributed by atoms with Gasteiger partial charge >= 0.3 is 5.97 Å². The summed E-state index contributed by atoms with van der Waals surface area (Å²) in [5, 5.41) is 0. The lowest BCUT2D eigenvalue weighted by molar-refractivity contribution is -0.143. The minimum atomic E-state index is -0.0306. The molecule has 1 saturated heterocycles. The summed E-state index contributed by atoms with van der Waals surface area (Å²) >= 11 is 0. The van der Waals surface area contributed by atoms with Gasteiger partial charge in [-0.05, 0) is 24.7 Å². The van der Waals surface area contributed by atoms with E-state index in [0.29, 0.717) is 0 Å². The first-order valence-electron chi connectivity index (χ1n) is 4.44. The van der Waals surface area contributed by atoms with Gasteiger partial charge in [0.05, 0.1) is 13.0 Å². The maximum Gasteiger partial charge on any atom is 0.309 e. The van der Waals surface area contributed by atoms with Gasteiger partial charge in [-0.2, -0.15) is 0 Å². The number of carbonyl (C=O) groups is 1. The van der Waals surface area contributed by atoms with Crippen molar-refractivity contribution in [2.24, 2.45) is 11.3 Å². The average Bonchev–Trinajstić information content (AvgIpc) is 2.80. The minimum absolute atomic E-state index is 0.0306. The van der Waals surface area contributed by atoms with Gasteiger partial charge in [-0.1, -0.05) is 0 Å². The van der Waals surface area contributed by atoms with E-state index in [1.165, 1.54) is 7.11 Å². The molecule has 2 aliphatic rings. The zero-order chi connectivity index (χ0) is 8.60. The number of carbonyl (C=O) groups excluding carboxylic acids is 1. The highest BCUT2D eigenvalue weighted by atomic mass is 16.5. The zero-order valence-electron chi connectivity index (χ0n) is 7.34. The maximum atomic E-state index is 11.2. The number of hydrogen-bond acceptors (Lipinski definition) is 3. The number of hydrogen-bond donors (Lipinski definition) is 0. The predicted octanol–water partition coefficient (Wildman–Crippen LogP) is 0.976. The van der Waals surface area contributed by atoms with E-state index in [9.17, 15) is 4.79 Å². The Morgan fingerprint density at radius 3 is 2.75 bits per heavy atom. The molecule has 12 heavy (non-hydrogen) atoms. The molecule has 0 aromatic heterocycles. The fourth-order valence-electron chi connectivity index (χ4n) is 2.15. The molecule has 2 rings (SSSR count). The van der Waals surface area contributed by atoms with Gasteiger partial charge in [0.15, 0.2) is 0 Å². The van der Waals surface area contributed by atoms with E-state index >= 15 is 0 Å². The summed E-state index contributed by atoms with van der Waals surface area (Å²) in [6, 6.07) is 0. The Kier molecular flexibility index (Phi) is 1.83. The molecular formula is C9H14O3. The maximum absolute atomic E-state index is 11.2. The number of methoxy groups -OCH3 is 1. The fourth-order valence-corrected chi connectivity index (χ4v) is 2.15. The first-order valence-corrected chi connectivity index (χ1v) is 4.44. The molecule has 0 radical (unpaired) electrons. The van der Waals surface area contributed by atoms with Crippen molar-refractivity contribution >= 4 is 5.97 Å². The molecule has 2 fully saturated rings. The molecule has 0 aromatic carbocycles.